The topological polar surface area (TPSA) is 49.4 Å². The molecule has 1 N–H and O–H groups in total. The molecule has 1 unspecified atom stereocenters. The number of hydrogen-bond acceptors (Lipinski definition) is 3. The first-order chi connectivity index (χ1) is 9.74. The van der Waals surface area contributed by atoms with Crippen molar-refractivity contribution in [3.8, 4) is 0 Å². The third-order valence-electron chi connectivity index (χ3n) is 3.44. The lowest BCUT2D eigenvalue weighted by molar-refractivity contribution is -0.139. The van der Waals surface area contributed by atoms with Gasteiger partial charge in [-0.1, -0.05) is 6.07 Å². The highest BCUT2D eigenvalue weighted by atomic mass is 19.4. The number of alkyl halides is 3. The molecule has 2 amide bonds. The Labute approximate surface area is 119 Å². The monoisotopic (exact) mass is 300 g/mol. The van der Waals surface area contributed by atoms with Gasteiger partial charge in [0.25, 0.3) is 5.91 Å². The molecule has 0 saturated carbocycles. The molecule has 4 nitrogen and oxygen atoms in total. The van der Waals surface area contributed by atoms with Crippen LogP contribution in [-0.4, -0.2) is 29.3 Å². The summed E-state index contributed by atoms with van der Waals surface area (Å²) in [6.45, 7) is 3.30. The van der Waals surface area contributed by atoms with E-state index in [9.17, 15) is 22.8 Å². The molecule has 0 radical (unpaired) electrons. The maximum atomic E-state index is 12.8. The minimum atomic E-state index is -4.45. The Balaban J connectivity index is 2.22. The van der Waals surface area contributed by atoms with Crippen LogP contribution in [0.25, 0.3) is 0 Å². The SMILES string of the molecule is CCN1C(=O)CC(Nc2ccc(C)c(C(F)(F)F)c2)C1=O. The van der Waals surface area contributed by atoms with Crippen LogP contribution >= 0.6 is 0 Å². The standard InChI is InChI=1S/C14H15F3N2O2/c1-3-19-12(20)7-11(13(19)21)18-9-5-4-8(2)10(6-9)14(15,16)17/h4-6,11,18H,3,7H2,1-2H3. The van der Waals surface area contributed by atoms with E-state index in [0.29, 0.717) is 0 Å². The minimum absolute atomic E-state index is 0.0398. The van der Waals surface area contributed by atoms with Gasteiger partial charge in [0.15, 0.2) is 0 Å². The van der Waals surface area contributed by atoms with E-state index < -0.39 is 23.7 Å². The van der Waals surface area contributed by atoms with Crippen molar-refractivity contribution in [2.24, 2.45) is 0 Å². The molecule has 1 atom stereocenters. The van der Waals surface area contributed by atoms with Gasteiger partial charge in [-0.2, -0.15) is 13.2 Å². The fourth-order valence-corrected chi connectivity index (χ4v) is 2.35. The molecule has 1 aliphatic rings. The van der Waals surface area contributed by atoms with E-state index in [1.165, 1.54) is 19.1 Å². The number of rotatable bonds is 3. The lowest BCUT2D eigenvalue weighted by atomic mass is 10.1. The van der Waals surface area contributed by atoms with Gasteiger partial charge in [-0.15, -0.1) is 0 Å². The lowest BCUT2D eigenvalue weighted by Gasteiger charge is -2.16. The Bertz CT molecular complexity index is 584. The molecule has 0 aliphatic carbocycles. The Morgan fingerprint density at radius 2 is 2.00 bits per heavy atom. The second kappa shape index (κ2) is 5.38. The van der Waals surface area contributed by atoms with Crippen LogP contribution in [0.4, 0.5) is 18.9 Å². The number of carbonyl (C=O) groups is 2. The largest absolute Gasteiger partial charge is 0.416 e. The molecule has 0 aromatic heterocycles. The fourth-order valence-electron chi connectivity index (χ4n) is 2.35. The van der Waals surface area contributed by atoms with Crippen molar-refractivity contribution in [3.63, 3.8) is 0 Å². The van der Waals surface area contributed by atoms with Crippen molar-refractivity contribution in [1.82, 2.24) is 4.90 Å². The molecular weight excluding hydrogens is 285 g/mol. The van der Waals surface area contributed by atoms with Crippen molar-refractivity contribution in [2.75, 3.05) is 11.9 Å². The van der Waals surface area contributed by atoms with Crippen LogP contribution in [0.1, 0.15) is 24.5 Å². The van der Waals surface area contributed by atoms with Crippen LogP contribution in [0.5, 0.6) is 0 Å². The zero-order chi connectivity index (χ0) is 15.8. The van der Waals surface area contributed by atoms with E-state index in [2.05, 4.69) is 5.32 Å². The zero-order valence-electron chi connectivity index (χ0n) is 11.6. The first-order valence-corrected chi connectivity index (χ1v) is 6.52. The second-order valence-electron chi connectivity index (χ2n) is 4.90. The van der Waals surface area contributed by atoms with Crippen LogP contribution in [0.15, 0.2) is 18.2 Å². The predicted molar refractivity (Wildman–Crippen MR) is 70.6 cm³/mol. The molecule has 1 aromatic carbocycles. The van der Waals surface area contributed by atoms with E-state index >= 15 is 0 Å². The summed E-state index contributed by atoms with van der Waals surface area (Å²) in [6.07, 6.45) is -4.49. The molecule has 1 heterocycles. The predicted octanol–water partition coefficient (Wildman–Crippen LogP) is 2.57. The number of imide groups is 1. The highest BCUT2D eigenvalue weighted by molar-refractivity contribution is 6.06. The zero-order valence-corrected chi connectivity index (χ0v) is 11.6. The molecule has 1 saturated heterocycles. The Morgan fingerprint density at radius 1 is 1.33 bits per heavy atom. The summed E-state index contributed by atoms with van der Waals surface area (Å²) in [6, 6.07) is 2.96. The summed E-state index contributed by atoms with van der Waals surface area (Å²) in [5.74, 6) is -0.722. The molecule has 0 spiro atoms. The fraction of sp³-hybridized carbons (Fsp3) is 0.429. The summed E-state index contributed by atoms with van der Waals surface area (Å²) in [7, 11) is 0. The van der Waals surface area contributed by atoms with E-state index in [4.69, 9.17) is 0 Å². The van der Waals surface area contributed by atoms with Crippen LogP contribution in [0, 0.1) is 6.92 Å². The first-order valence-electron chi connectivity index (χ1n) is 6.52. The Morgan fingerprint density at radius 3 is 2.52 bits per heavy atom. The maximum absolute atomic E-state index is 12.8. The van der Waals surface area contributed by atoms with Gasteiger partial charge < -0.3 is 5.32 Å². The van der Waals surface area contributed by atoms with Gasteiger partial charge in [0.2, 0.25) is 5.91 Å². The van der Waals surface area contributed by atoms with E-state index in [1.807, 2.05) is 0 Å². The number of likely N-dealkylation sites (N-methyl/N-ethyl adjacent to an activating group) is 1. The molecule has 1 aliphatic heterocycles. The normalized spacial score (nSPS) is 19.3. The molecule has 7 heteroatoms. The molecule has 2 rings (SSSR count). The van der Waals surface area contributed by atoms with Gasteiger partial charge >= 0.3 is 6.18 Å². The number of likely N-dealkylation sites (tertiary alicyclic amines) is 1. The van der Waals surface area contributed by atoms with Crippen LogP contribution in [0.3, 0.4) is 0 Å². The summed E-state index contributed by atoms with van der Waals surface area (Å²) < 4.78 is 38.5. The van der Waals surface area contributed by atoms with Gasteiger partial charge in [0, 0.05) is 12.2 Å². The van der Waals surface area contributed by atoms with E-state index in [0.717, 1.165) is 11.0 Å². The number of halogens is 3. The maximum Gasteiger partial charge on any atom is 0.416 e. The third-order valence-corrected chi connectivity index (χ3v) is 3.44. The van der Waals surface area contributed by atoms with Gasteiger partial charge in [0.1, 0.15) is 6.04 Å². The van der Waals surface area contributed by atoms with Gasteiger partial charge in [-0.3, -0.25) is 14.5 Å². The number of aryl methyl sites for hydroxylation is 1. The van der Waals surface area contributed by atoms with Gasteiger partial charge in [0.05, 0.1) is 12.0 Å². The number of amides is 2. The third kappa shape index (κ3) is 3.01. The highest BCUT2D eigenvalue weighted by Crippen LogP contribution is 2.33. The number of carbonyl (C=O) groups excluding carboxylic acids is 2. The van der Waals surface area contributed by atoms with Gasteiger partial charge in [-0.25, -0.2) is 0 Å². The summed E-state index contributed by atoms with van der Waals surface area (Å²) in [4.78, 5) is 24.6. The van der Waals surface area contributed by atoms with E-state index in [1.54, 1.807) is 6.92 Å². The second-order valence-corrected chi connectivity index (χ2v) is 4.90. The van der Waals surface area contributed by atoms with Crippen LogP contribution < -0.4 is 5.32 Å². The minimum Gasteiger partial charge on any atom is -0.373 e. The molecule has 1 aromatic rings. The molecule has 0 bridgehead atoms. The lowest BCUT2D eigenvalue weighted by Crippen LogP contribution is -2.34. The van der Waals surface area contributed by atoms with Crippen molar-refractivity contribution < 1.29 is 22.8 Å². The average molecular weight is 300 g/mol. The van der Waals surface area contributed by atoms with E-state index in [-0.39, 0.29) is 30.1 Å². The summed E-state index contributed by atoms with van der Waals surface area (Å²) >= 11 is 0. The van der Waals surface area contributed by atoms with Crippen LogP contribution in [-0.2, 0) is 15.8 Å². The van der Waals surface area contributed by atoms with Crippen molar-refractivity contribution in [2.45, 2.75) is 32.5 Å². The number of nitrogens with one attached hydrogen (secondary N) is 1. The number of nitrogens with zero attached hydrogens (tertiary/aromatic N) is 1. The average Bonchev–Trinajstić information content (AvgIpc) is 2.65. The Kier molecular flexibility index (Phi) is 3.93. The molecule has 21 heavy (non-hydrogen) atoms. The number of hydrogen-bond donors (Lipinski definition) is 1. The van der Waals surface area contributed by atoms with Crippen LogP contribution in [0.2, 0.25) is 0 Å². The van der Waals surface area contributed by atoms with Crippen molar-refractivity contribution in [1.29, 1.82) is 0 Å². The van der Waals surface area contributed by atoms with Crippen molar-refractivity contribution in [3.05, 3.63) is 29.3 Å². The number of anilines is 1. The van der Waals surface area contributed by atoms with Gasteiger partial charge in [-0.05, 0) is 31.5 Å². The molecular formula is C14H15F3N2O2. The molecule has 114 valence electrons. The Hall–Kier alpha value is -2.05. The summed E-state index contributed by atoms with van der Waals surface area (Å²) in [5, 5.41) is 2.71. The molecule has 1 fully saturated rings. The quantitative estimate of drug-likeness (QED) is 0.873. The van der Waals surface area contributed by atoms with Crippen molar-refractivity contribution >= 4 is 17.5 Å². The highest BCUT2D eigenvalue weighted by Gasteiger charge is 2.38. The first kappa shape index (κ1) is 15.3. The number of benzene rings is 1. The summed E-state index contributed by atoms with van der Waals surface area (Å²) in [5.41, 5.74) is -0.467. The smallest absolute Gasteiger partial charge is 0.373 e.